The molecule has 1 heterocycles. The molecule has 1 aromatic heterocycles. The summed E-state index contributed by atoms with van der Waals surface area (Å²) in [6, 6.07) is 19.7. The fourth-order valence-electron chi connectivity index (χ4n) is 4.39. The van der Waals surface area contributed by atoms with Gasteiger partial charge in [-0.3, -0.25) is 9.48 Å². The molecule has 0 fully saturated rings. The largest absolute Gasteiger partial charge is 0.475 e. The summed E-state index contributed by atoms with van der Waals surface area (Å²) in [5, 5.41) is 26.6. The average molecular weight is 615 g/mol. The monoisotopic (exact) mass is 615 g/mol. The Bertz CT molecular complexity index is 1660. The highest BCUT2D eigenvalue weighted by Crippen LogP contribution is 2.35. The van der Waals surface area contributed by atoms with E-state index >= 15 is 0 Å². The summed E-state index contributed by atoms with van der Waals surface area (Å²) in [6.45, 7) is 3.47. The minimum absolute atomic E-state index is 0.0821. The maximum Gasteiger partial charge on any atom is 0.475 e. The lowest BCUT2D eigenvalue weighted by atomic mass is 9.75. The number of nitrogens with one attached hydrogen (secondary N) is 1. The number of nitrogens with zero attached hydrogens (tertiary/aromatic N) is 2. The van der Waals surface area contributed by atoms with Crippen molar-refractivity contribution in [3.63, 3.8) is 0 Å². The van der Waals surface area contributed by atoms with Crippen molar-refractivity contribution in [2.45, 2.75) is 43.8 Å². The lowest BCUT2D eigenvalue weighted by Crippen LogP contribution is -2.48. The van der Waals surface area contributed by atoms with E-state index in [1.807, 2.05) is 19.9 Å². The number of carbonyl (C=O) groups is 1. The van der Waals surface area contributed by atoms with Crippen LogP contribution < -0.4 is 9.50 Å². The van der Waals surface area contributed by atoms with Gasteiger partial charge in [-0.1, -0.05) is 56.3 Å². The fourth-order valence-corrected chi connectivity index (χ4v) is 5.34. The molecule has 1 atom stereocenters. The number of benzene rings is 3. The molecule has 4 aromatic rings. The molecule has 9 nitrogen and oxygen atoms in total. The highest BCUT2D eigenvalue weighted by molar-refractivity contribution is 7.87. The Kier molecular flexibility index (Phi) is 9.63. The quantitative estimate of drug-likeness (QED) is 0.167. The minimum Gasteiger partial charge on any atom is -0.426 e. The topological polar surface area (TPSA) is 131 Å². The van der Waals surface area contributed by atoms with Crippen LogP contribution >= 0.6 is 0 Å². The van der Waals surface area contributed by atoms with Gasteiger partial charge in [0, 0.05) is 5.56 Å². The molecule has 3 aromatic carbocycles. The summed E-state index contributed by atoms with van der Waals surface area (Å²) >= 11 is 0. The van der Waals surface area contributed by atoms with Gasteiger partial charge >= 0.3 is 23.4 Å². The van der Waals surface area contributed by atoms with Gasteiger partial charge in [0.15, 0.2) is 5.75 Å². The van der Waals surface area contributed by atoms with Crippen LogP contribution in [0.15, 0.2) is 89.8 Å². The maximum absolute atomic E-state index is 13.0. The highest BCUT2D eigenvalue weighted by atomic mass is 32.2. The van der Waals surface area contributed by atoms with E-state index in [1.165, 1.54) is 16.8 Å². The average Bonchev–Trinajstić information content (AvgIpc) is 3.36. The predicted molar refractivity (Wildman–Crippen MR) is 154 cm³/mol. The predicted octanol–water partition coefficient (Wildman–Crippen LogP) is 4.55. The van der Waals surface area contributed by atoms with Gasteiger partial charge in [-0.15, -0.1) is 0 Å². The van der Waals surface area contributed by atoms with E-state index in [0.29, 0.717) is 29.8 Å². The molecule has 0 radical (unpaired) electrons. The first-order valence-corrected chi connectivity index (χ1v) is 14.7. The summed E-state index contributed by atoms with van der Waals surface area (Å²) < 4.78 is 71.6. The number of hydrogen-bond donors (Lipinski definition) is 3. The molecule has 0 saturated heterocycles. The molecule has 1 amide bonds. The zero-order valence-electron chi connectivity index (χ0n) is 23.2. The van der Waals surface area contributed by atoms with Crippen molar-refractivity contribution in [2.75, 3.05) is 0 Å². The molecule has 0 unspecified atom stereocenters. The molecule has 0 saturated carbocycles. The molecule has 0 aliphatic rings. The van der Waals surface area contributed by atoms with Crippen molar-refractivity contribution in [1.82, 2.24) is 15.1 Å². The first kappa shape index (κ1) is 31.8. The third kappa shape index (κ3) is 8.03. The van der Waals surface area contributed by atoms with Gasteiger partial charge in [0.25, 0.3) is 0 Å². The Morgan fingerprint density at radius 1 is 1.00 bits per heavy atom. The molecule has 3 N–H and O–H groups in total. The van der Waals surface area contributed by atoms with Gasteiger partial charge in [0.2, 0.25) is 5.91 Å². The summed E-state index contributed by atoms with van der Waals surface area (Å²) in [6.07, 6.45) is -4.30. The van der Waals surface area contributed by atoms with Crippen LogP contribution in [0.4, 0.5) is 13.2 Å². The van der Waals surface area contributed by atoms with Gasteiger partial charge in [-0.05, 0) is 60.4 Å². The van der Waals surface area contributed by atoms with Crippen LogP contribution in [0.25, 0.3) is 22.5 Å². The molecule has 0 aliphatic heterocycles. The third-order valence-corrected chi connectivity index (χ3v) is 7.66. The van der Waals surface area contributed by atoms with E-state index in [4.69, 9.17) is 4.18 Å². The Morgan fingerprint density at radius 3 is 2.23 bits per heavy atom. The van der Waals surface area contributed by atoms with E-state index in [9.17, 15) is 36.4 Å². The zero-order chi connectivity index (χ0) is 31.4. The van der Waals surface area contributed by atoms with E-state index in [1.54, 1.807) is 42.5 Å². The lowest BCUT2D eigenvalue weighted by molar-refractivity contribution is -0.137. The van der Waals surface area contributed by atoms with E-state index < -0.39 is 45.7 Å². The van der Waals surface area contributed by atoms with Crippen molar-refractivity contribution >= 4 is 23.1 Å². The van der Waals surface area contributed by atoms with Gasteiger partial charge in [-0.25, -0.2) is 0 Å². The summed E-state index contributed by atoms with van der Waals surface area (Å²) in [5.41, 5.74) is 0.712. The molecule has 4 rings (SSSR count). The molecular formula is C29H29BF3N3O6S. The molecule has 226 valence electrons. The first-order valence-electron chi connectivity index (χ1n) is 13.2. The fraction of sp³-hybridized carbons (Fsp3) is 0.241. The molecule has 43 heavy (non-hydrogen) atoms. The highest BCUT2D eigenvalue weighted by Gasteiger charge is 2.31. The standard InChI is InChI=1S/C29H29BF3N3O6S/c1-19(2)16-27(30(38)39)34-28(37)18-36-25(20-8-4-3-5-9-20)17-24(35-36)23-10-6-7-11-26(23)42-43(40,41)22-14-12-21(13-15-22)29(31,32)33/h3-15,17,19,27,38-39H,16,18H2,1-2H3,(H,34,37)/t27-/m0/s1. The van der Waals surface area contributed by atoms with Gasteiger partial charge < -0.3 is 19.5 Å². The maximum atomic E-state index is 13.0. The molecule has 14 heteroatoms. The van der Waals surface area contributed by atoms with Crippen LogP contribution in [0.1, 0.15) is 25.8 Å². The lowest BCUT2D eigenvalue weighted by Gasteiger charge is -2.20. The number of para-hydroxylation sites is 1. The second-order valence-corrected chi connectivity index (χ2v) is 11.8. The van der Waals surface area contributed by atoms with Crippen LogP contribution in [0, 0.1) is 5.92 Å². The van der Waals surface area contributed by atoms with E-state index in [-0.39, 0.29) is 29.5 Å². The second kappa shape index (κ2) is 13.0. The summed E-state index contributed by atoms with van der Waals surface area (Å²) in [5.74, 6) is -1.47. The SMILES string of the molecule is CC(C)C[C@H](NC(=O)Cn1nc(-c2ccccc2OS(=O)(=O)c2ccc(C(F)(F)F)cc2)cc1-c1ccccc1)B(O)O. The van der Waals surface area contributed by atoms with Gasteiger partial charge in [-0.2, -0.15) is 26.7 Å². The number of aromatic nitrogens is 2. The van der Waals surface area contributed by atoms with E-state index in [0.717, 1.165) is 12.1 Å². The molecule has 0 bridgehead atoms. The summed E-state index contributed by atoms with van der Waals surface area (Å²) in [7, 11) is -6.29. The zero-order valence-corrected chi connectivity index (χ0v) is 24.0. The van der Waals surface area contributed by atoms with Crippen LogP contribution in [0.3, 0.4) is 0 Å². The molecular weight excluding hydrogens is 586 g/mol. The van der Waals surface area contributed by atoms with E-state index in [2.05, 4.69) is 10.4 Å². The Labute approximate surface area is 247 Å². The molecule has 0 spiro atoms. The van der Waals surface area contributed by atoms with Crippen LogP contribution in [0.2, 0.25) is 0 Å². The van der Waals surface area contributed by atoms with Crippen LogP contribution in [0.5, 0.6) is 5.75 Å². The minimum atomic E-state index is -4.63. The number of amides is 1. The number of alkyl halides is 3. The van der Waals surface area contributed by atoms with Crippen LogP contribution in [-0.2, 0) is 27.6 Å². The number of rotatable bonds is 11. The number of halogens is 3. The Morgan fingerprint density at radius 2 is 1.63 bits per heavy atom. The van der Waals surface area contributed by atoms with Gasteiger partial charge in [0.05, 0.1) is 22.9 Å². The van der Waals surface area contributed by atoms with Crippen molar-refractivity contribution in [3.05, 3.63) is 90.5 Å². The van der Waals surface area contributed by atoms with Crippen molar-refractivity contribution in [3.8, 4) is 28.3 Å². The third-order valence-electron chi connectivity index (χ3n) is 6.41. The Balaban J connectivity index is 1.67. The smallest absolute Gasteiger partial charge is 0.426 e. The first-order chi connectivity index (χ1) is 20.2. The number of hydrogen-bond acceptors (Lipinski definition) is 7. The Hall–Kier alpha value is -4.14. The molecule has 0 aliphatic carbocycles. The second-order valence-electron chi connectivity index (χ2n) is 10.2. The number of carbonyl (C=O) groups excluding carboxylic acids is 1. The normalized spacial score (nSPS) is 12.7. The van der Waals surface area contributed by atoms with Gasteiger partial charge in [0.1, 0.15) is 11.4 Å². The van der Waals surface area contributed by atoms with Crippen LogP contribution in [-0.4, -0.2) is 47.2 Å². The van der Waals surface area contributed by atoms with Crippen molar-refractivity contribution in [1.29, 1.82) is 0 Å². The summed E-state index contributed by atoms with van der Waals surface area (Å²) in [4.78, 5) is 12.5. The van der Waals surface area contributed by atoms with Crippen molar-refractivity contribution < 1.29 is 40.6 Å². The van der Waals surface area contributed by atoms with Crippen molar-refractivity contribution in [2.24, 2.45) is 5.92 Å².